The van der Waals surface area contributed by atoms with Crippen molar-refractivity contribution in [1.82, 2.24) is 0 Å². The minimum absolute atomic E-state index is 0.0488. The largest absolute Gasteiger partial charge is 0.0616 e. The fourth-order valence-electron chi connectivity index (χ4n) is 9.45. The third-order valence-corrected chi connectivity index (χ3v) is 12.8. The Morgan fingerprint density at radius 1 is 0.315 bits per heavy atom. The molecular weight excluding hydrogens is 649 g/mol. The van der Waals surface area contributed by atoms with E-state index in [-0.39, 0.29) is 16.2 Å². The Morgan fingerprint density at radius 3 is 1.06 bits per heavy atom. The summed E-state index contributed by atoms with van der Waals surface area (Å²) in [6.07, 6.45) is 0. The SMILES string of the molecule is CC(C)(C)c1ccc2c(c1)C(C)(C)c1cc(-c3ccc4c(c3)C(C)(C)c3cc(-c5ccc6cc(-c7ccc8ccccc8c7)ccc6c5)ccc3-4)ccc1-2. The fourth-order valence-corrected chi connectivity index (χ4v) is 9.45. The molecule has 0 heteroatoms. The van der Waals surface area contributed by atoms with Gasteiger partial charge in [-0.2, -0.15) is 0 Å². The van der Waals surface area contributed by atoms with Gasteiger partial charge in [0.2, 0.25) is 0 Å². The number of hydrogen-bond acceptors (Lipinski definition) is 0. The zero-order valence-corrected chi connectivity index (χ0v) is 32.4. The van der Waals surface area contributed by atoms with Crippen molar-refractivity contribution in [3.8, 4) is 55.6 Å². The summed E-state index contributed by atoms with van der Waals surface area (Å²) in [5, 5.41) is 5.08. The van der Waals surface area contributed by atoms with Gasteiger partial charge in [-0.15, -0.1) is 0 Å². The van der Waals surface area contributed by atoms with Crippen LogP contribution >= 0.6 is 0 Å². The lowest BCUT2D eigenvalue weighted by atomic mass is 9.78. The fraction of sp³-hybridized carbons (Fsp3) is 0.185. The molecule has 8 aromatic carbocycles. The van der Waals surface area contributed by atoms with Crippen LogP contribution in [0.3, 0.4) is 0 Å². The summed E-state index contributed by atoms with van der Waals surface area (Å²) in [6.45, 7) is 16.5. The molecule has 0 bridgehead atoms. The first-order valence-electron chi connectivity index (χ1n) is 19.5. The number of rotatable bonds is 3. The molecule has 0 heterocycles. The molecule has 0 amide bonds. The molecule has 10 rings (SSSR count). The van der Waals surface area contributed by atoms with Gasteiger partial charge in [0.05, 0.1) is 0 Å². The highest BCUT2D eigenvalue weighted by Crippen LogP contribution is 2.53. The van der Waals surface area contributed by atoms with E-state index in [1.807, 2.05) is 0 Å². The zero-order chi connectivity index (χ0) is 37.1. The molecule has 0 aliphatic heterocycles. The second-order valence-electron chi connectivity index (χ2n) is 17.9. The topological polar surface area (TPSA) is 0 Å². The lowest BCUT2D eigenvalue weighted by Gasteiger charge is -2.25. The van der Waals surface area contributed by atoms with Gasteiger partial charge in [0.15, 0.2) is 0 Å². The maximum Gasteiger partial charge on any atom is 0.0159 e. The molecule has 8 aromatic rings. The molecule has 54 heavy (non-hydrogen) atoms. The van der Waals surface area contributed by atoms with Crippen LogP contribution in [0.2, 0.25) is 0 Å². The molecule has 0 N–H and O–H groups in total. The first-order chi connectivity index (χ1) is 25.9. The molecule has 0 radical (unpaired) electrons. The summed E-state index contributed by atoms with van der Waals surface area (Å²) in [5.41, 5.74) is 20.1. The van der Waals surface area contributed by atoms with Gasteiger partial charge in [-0.05, 0) is 147 Å². The molecule has 262 valence electrons. The van der Waals surface area contributed by atoms with E-state index in [1.165, 1.54) is 105 Å². The first-order valence-corrected chi connectivity index (χ1v) is 19.5. The quantitative estimate of drug-likeness (QED) is 0.173. The highest BCUT2D eigenvalue weighted by atomic mass is 14.4. The Hall–Kier alpha value is -5.72. The van der Waals surface area contributed by atoms with Crippen molar-refractivity contribution in [1.29, 1.82) is 0 Å². The van der Waals surface area contributed by atoms with Gasteiger partial charge in [-0.3, -0.25) is 0 Å². The van der Waals surface area contributed by atoms with E-state index in [0.717, 1.165) is 0 Å². The third kappa shape index (κ3) is 4.96. The van der Waals surface area contributed by atoms with E-state index in [2.05, 4.69) is 200 Å². The van der Waals surface area contributed by atoms with E-state index in [4.69, 9.17) is 0 Å². The summed E-state index contributed by atoms with van der Waals surface area (Å²) >= 11 is 0. The summed E-state index contributed by atoms with van der Waals surface area (Å²) in [5.74, 6) is 0. The van der Waals surface area contributed by atoms with Gasteiger partial charge in [-0.1, -0.05) is 164 Å². The third-order valence-electron chi connectivity index (χ3n) is 12.8. The van der Waals surface area contributed by atoms with Crippen LogP contribution in [0.15, 0.2) is 152 Å². The van der Waals surface area contributed by atoms with Crippen molar-refractivity contribution >= 4 is 21.5 Å². The molecule has 2 aliphatic rings. The average molecular weight is 695 g/mol. The van der Waals surface area contributed by atoms with Gasteiger partial charge >= 0.3 is 0 Å². The van der Waals surface area contributed by atoms with Crippen LogP contribution in [0.25, 0.3) is 77.2 Å². The summed E-state index contributed by atoms with van der Waals surface area (Å²) in [4.78, 5) is 0. The van der Waals surface area contributed by atoms with Crippen molar-refractivity contribution in [2.24, 2.45) is 0 Å². The Kier molecular flexibility index (Phi) is 6.94. The molecule has 0 spiro atoms. The smallest absolute Gasteiger partial charge is 0.0159 e. The van der Waals surface area contributed by atoms with Gasteiger partial charge < -0.3 is 0 Å². The van der Waals surface area contributed by atoms with Crippen LogP contribution in [0, 0.1) is 0 Å². The van der Waals surface area contributed by atoms with Crippen LogP contribution in [0.1, 0.15) is 76.3 Å². The van der Waals surface area contributed by atoms with Crippen LogP contribution in [0.4, 0.5) is 0 Å². The van der Waals surface area contributed by atoms with E-state index in [9.17, 15) is 0 Å². The molecule has 0 saturated carbocycles. The van der Waals surface area contributed by atoms with E-state index in [0.29, 0.717) is 0 Å². The van der Waals surface area contributed by atoms with E-state index in [1.54, 1.807) is 0 Å². The molecular formula is C54H46. The maximum absolute atomic E-state index is 2.46. The van der Waals surface area contributed by atoms with Crippen molar-refractivity contribution in [3.05, 3.63) is 179 Å². The van der Waals surface area contributed by atoms with Gasteiger partial charge in [0, 0.05) is 10.8 Å². The summed E-state index contributed by atoms with van der Waals surface area (Å²) in [7, 11) is 0. The normalized spacial score (nSPS) is 14.9. The molecule has 0 fully saturated rings. The highest BCUT2D eigenvalue weighted by molar-refractivity contribution is 5.94. The zero-order valence-electron chi connectivity index (χ0n) is 32.4. The predicted molar refractivity (Wildman–Crippen MR) is 232 cm³/mol. The molecule has 0 nitrogen and oxygen atoms in total. The molecule has 0 unspecified atom stereocenters. The first kappa shape index (κ1) is 32.9. The molecule has 0 atom stereocenters. The highest BCUT2D eigenvalue weighted by Gasteiger charge is 2.38. The van der Waals surface area contributed by atoms with Crippen molar-refractivity contribution in [3.63, 3.8) is 0 Å². The number of hydrogen-bond donors (Lipinski definition) is 0. The van der Waals surface area contributed by atoms with Crippen LogP contribution in [-0.4, -0.2) is 0 Å². The van der Waals surface area contributed by atoms with Crippen LogP contribution < -0.4 is 0 Å². The van der Waals surface area contributed by atoms with Crippen molar-refractivity contribution in [2.75, 3.05) is 0 Å². The standard InChI is InChI=1S/C54H46/c1-52(2,3)43-21-25-47-46-24-20-42(31-50(46)54(6,7)51(47)32-43)41-19-23-45-44-22-18-40(29-48(44)53(4,5)49(45)30-41)39-17-16-37-27-36(14-15-38(37)28-39)35-13-12-33-10-8-9-11-34(33)26-35/h8-32H,1-7H3. The van der Waals surface area contributed by atoms with Gasteiger partial charge in [0.25, 0.3) is 0 Å². The number of benzene rings is 8. The predicted octanol–water partition coefficient (Wildman–Crippen LogP) is 14.9. The van der Waals surface area contributed by atoms with Crippen LogP contribution in [0.5, 0.6) is 0 Å². The summed E-state index contributed by atoms with van der Waals surface area (Å²) < 4.78 is 0. The maximum atomic E-state index is 2.46. The second-order valence-corrected chi connectivity index (χ2v) is 17.9. The van der Waals surface area contributed by atoms with E-state index < -0.39 is 0 Å². The molecule has 0 aromatic heterocycles. The monoisotopic (exact) mass is 694 g/mol. The summed E-state index contributed by atoms with van der Waals surface area (Å²) in [6, 6.07) is 57.7. The number of fused-ring (bicyclic) bond motifs is 8. The van der Waals surface area contributed by atoms with Gasteiger partial charge in [-0.25, -0.2) is 0 Å². The van der Waals surface area contributed by atoms with Gasteiger partial charge in [0.1, 0.15) is 0 Å². The minimum atomic E-state index is -0.113. The Morgan fingerprint density at radius 2 is 0.630 bits per heavy atom. The molecule has 0 saturated heterocycles. The Labute approximate surface area is 320 Å². The average Bonchev–Trinajstić information content (AvgIpc) is 3.55. The van der Waals surface area contributed by atoms with E-state index >= 15 is 0 Å². The Balaban J connectivity index is 0.963. The lowest BCUT2D eigenvalue weighted by Crippen LogP contribution is -2.17. The Bertz CT molecular complexity index is 2850. The van der Waals surface area contributed by atoms with Crippen molar-refractivity contribution in [2.45, 2.75) is 64.7 Å². The second kappa shape index (κ2) is 11.4. The minimum Gasteiger partial charge on any atom is -0.0616 e. The van der Waals surface area contributed by atoms with Crippen LogP contribution in [-0.2, 0) is 16.2 Å². The van der Waals surface area contributed by atoms with Crippen molar-refractivity contribution < 1.29 is 0 Å². The molecule has 2 aliphatic carbocycles. The lowest BCUT2D eigenvalue weighted by molar-refractivity contribution is 0.584.